The molecule has 0 saturated heterocycles. The van der Waals surface area contributed by atoms with Gasteiger partial charge in [-0.25, -0.2) is 8.78 Å². The quantitative estimate of drug-likeness (QED) is 0.842. The van der Waals surface area contributed by atoms with Crippen LogP contribution < -0.4 is 10.6 Å². The van der Waals surface area contributed by atoms with Crippen molar-refractivity contribution in [3.63, 3.8) is 0 Å². The van der Waals surface area contributed by atoms with Gasteiger partial charge in [0.1, 0.15) is 17.3 Å². The van der Waals surface area contributed by atoms with E-state index in [1.165, 1.54) is 6.07 Å². The Balaban J connectivity index is 2.49. The number of benzene rings is 1. The molecular formula is C15H22F2N2O. The van der Waals surface area contributed by atoms with Crippen molar-refractivity contribution in [3.05, 3.63) is 29.8 Å². The molecule has 0 atom stereocenters. The Bertz CT molecular complexity index is 453. The number of amides is 1. The third-order valence-corrected chi connectivity index (χ3v) is 3.66. The van der Waals surface area contributed by atoms with Crippen molar-refractivity contribution in [2.45, 2.75) is 27.7 Å². The lowest BCUT2D eigenvalue weighted by Gasteiger charge is -2.29. The standard InChI is InChI=1S/C15H22F2N2O/c1-10(2)15(3,4)9-18-8-13(20)19-14-11(16)6-5-7-12(14)17/h5-7,10,18H,8-9H2,1-4H3,(H,19,20). The van der Waals surface area contributed by atoms with Crippen LogP contribution in [0.3, 0.4) is 0 Å². The first-order valence-corrected chi connectivity index (χ1v) is 6.68. The van der Waals surface area contributed by atoms with Crippen LogP contribution >= 0.6 is 0 Å². The summed E-state index contributed by atoms with van der Waals surface area (Å²) in [6.07, 6.45) is 0. The van der Waals surface area contributed by atoms with E-state index >= 15 is 0 Å². The molecule has 0 bridgehead atoms. The molecule has 1 aromatic rings. The molecule has 0 radical (unpaired) electrons. The van der Waals surface area contributed by atoms with Crippen LogP contribution in [-0.2, 0) is 4.79 Å². The number of anilines is 1. The fourth-order valence-electron chi connectivity index (χ4n) is 1.50. The number of halogens is 2. The third-order valence-electron chi connectivity index (χ3n) is 3.66. The normalized spacial score (nSPS) is 11.8. The molecule has 0 aromatic heterocycles. The summed E-state index contributed by atoms with van der Waals surface area (Å²) in [5.41, 5.74) is -0.355. The maximum Gasteiger partial charge on any atom is 0.238 e. The van der Waals surface area contributed by atoms with Gasteiger partial charge in [0.15, 0.2) is 0 Å². The molecule has 0 fully saturated rings. The van der Waals surface area contributed by atoms with Crippen LogP contribution in [0.5, 0.6) is 0 Å². The number of hydrogen-bond acceptors (Lipinski definition) is 2. The third kappa shape index (κ3) is 4.56. The van der Waals surface area contributed by atoms with Gasteiger partial charge in [-0.2, -0.15) is 0 Å². The van der Waals surface area contributed by atoms with Crippen LogP contribution in [0.1, 0.15) is 27.7 Å². The van der Waals surface area contributed by atoms with Crippen molar-refractivity contribution in [2.24, 2.45) is 11.3 Å². The minimum Gasteiger partial charge on any atom is -0.320 e. The zero-order valence-electron chi connectivity index (χ0n) is 12.4. The van der Waals surface area contributed by atoms with E-state index < -0.39 is 23.2 Å². The lowest BCUT2D eigenvalue weighted by Crippen LogP contribution is -2.37. The molecule has 1 rings (SSSR count). The van der Waals surface area contributed by atoms with Gasteiger partial charge in [-0.3, -0.25) is 4.79 Å². The van der Waals surface area contributed by atoms with Gasteiger partial charge in [0, 0.05) is 6.54 Å². The second-order valence-electron chi connectivity index (χ2n) is 5.89. The smallest absolute Gasteiger partial charge is 0.238 e. The molecule has 0 aliphatic heterocycles. The van der Waals surface area contributed by atoms with Gasteiger partial charge in [-0.15, -0.1) is 0 Å². The monoisotopic (exact) mass is 284 g/mol. The fourth-order valence-corrected chi connectivity index (χ4v) is 1.50. The van der Waals surface area contributed by atoms with E-state index in [0.717, 1.165) is 12.1 Å². The highest BCUT2D eigenvalue weighted by Crippen LogP contribution is 2.24. The van der Waals surface area contributed by atoms with Crippen molar-refractivity contribution in [2.75, 3.05) is 18.4 Å². The average Bonchev–Trinajstić information content (AvgIpc) is 2.33. The lowest BCUT2D eigenvalue weighted by atomic mass is 9.81. The first kappa shape index (κ1) is 16.6. The van der Waals surface area contributed by atoms with Gasteiger partial charge in [0.05, 0.1) is 6.54 Å². The molecule has 112 valence electrons. The molecular weight excluding hydrogens is 262 g/mol. The van der Waals surface area contributed by atoms with Crippen LogP contribution in [0.25, 0.3) is 0 Å². The van der Waals surface area contributed by atoms with E-state index in [9.17, 15) is 13.6 Å². The van der Waals surface area contributed by atoms with Gasteiger partial charge >= 0.3 is 0 Å². The molecule has 0 aliphatic carbocycles. The summed E-state index contributed by atoms with van der Waals surface area (Å²) in [5.74, 6) is -1.56. The molecule has 0 aliphatic rings. The van der Waals surface area contributed by atoms with Crippen molar-refractivity contribution in [1.29, 1.82) is 0 Å². The van der Waals surface area contributed by atoms with Crippen molar-refractivity contribution < 1.29 is 13.6 Å². The topological polar surface area (TPSA) is 41.1 Å². The van der Waals surface area contributed by atoms with E-state index in [2.05, 4.69) is 38.3 Å². The summed E-state index contributed by atoms with van der Waals surface area (Å²) < 4.78 is 26.7. The second-order valence-corrected chi connectivity index (χ2v) is 5.89. The number of carbonyl (C=O) groups excluding carboxylic acids is 1. The zero-order valence-corrected chi connectivity index (χ0v) is 12.4. The Labute approximate surface area is 118 Å². The molecule has 1 amide bonds. The van der Waals surface area contributed by atoms with Gasteiger partial charge in [0.25, 0.3) is 0 Å². The Kier molecular flexibility index (Phi) is 5.62. The van der Waals surface area contributed by atoms with E-state index in [-0.39, 0.29) is 12.0 Å². The Morgan fingerprint density at radius 3 is 2.30 bits per heavy atom. The number of hydrogen-bond donors (Lipinski definition) is 2. The minimum absolute atomic E-state index is 0.0178. The molecule has 0 spiro atoms. The second kappa shape index (κ2) is 6.79. The molecule has 0 heterocycles. The first-order chi connectivity index (χ1) is 9.24. The van der Waals surface area contributed by atoms with Crippen molar-refractivity contribution >= 4 is 11.6 Å². The van der Waals surface area contributed by atoms with Crippen LogP contribution in [0, 0.1) is 23.0 Å². The van der Waals surface area contributed by atoms with Gasteiger partial charge in [-0.1, -0.05) is 33.8 Å². The summed E-state index contributed by atoms with van der Waals surface area (Å²) in [4.78, 5) is 11.7. The number of nitrogens with one attached hydrogen (secondary N) is 2. The maximum absolute atomic E-state index is 13.4. The van der Waals surface area contributed by atoms with E-state index in [1.54, 1.807) is 0 Å². The van der Waals surface area contributed by atoms with Crippen LogP contribution in [0.4, 0.5) is 14.5 Å². The van der Waals surface area contributed by atoms with Gasteiger partial charge < -0.3 is 10.6 Å². The minimum atomic E-state index is -0.777. The summed E-state index contributed by atoms with van der Waals surface area (Å²) in [5, 5.41) is 5.25. The number of carbonyl (C=O) groups is 1. The number of para-hydroxylation sites is 1. The SMILES string of the molecule is CC(C)C(C)(C)CNCC(=O)Nc1c(F)cccc1F. The van der Waals surface area contributed by atoms with Gasteiger partial charge in [-0.05, 0) is 23.5 Å². The summed E-state index contributed by atoms with van der Waals surface area (Å²) in [6.45, 7) is 9.08. The van der Waals surface area contributed by atoms with Crippen molar-refractivity contribution in [1.82, 2.24) is 5.32 Å². The van der Waals surface area contributed by atoms with Crippen LogP contribution in [0.2, 0.25) is 0 Å². The first-order valence-electron chi connectivity index (χ1n) is 6.68. The molecule has 0 unspecified atom stereocenters. The Morgan fingerprint density at radius 2 is 1.80 bits per heavy atom. The average molecular weight is 284 g/mol. The summed E-state index contributed by atoms with van der Waals surface area (Å²) in [6, 6.07) is 3.46. The van der Waals surface area contributed by atoms with Crippen molar-refractivity contribution in [3.8, 4) is 0 Å². The van der Waals surface area contributed by atoms with Crippen LogP contribution in [0.15, 0.2) is 18.2 Å². The van der Waals surface area contributed by atoms with E-state index in [4.69, 9.17) is 0 Å². The van der Waals surface area contributed by atoms with E-state index in [0.29, 0.717) is 12.5 Å². The largest absolute Gasteiger partial charge is 0.320 e. The molecule has 20 heavy (non-hydrogen) atoms. The summed E-state index contributed by atoms with van der Waals surface area (Å²) in [7, 11) is 0. The lowest BCUT2D eigenvalue weighted by molar-refractivity contribution is -0.115. The van der Waals surface area contributed by atoms with E-state index in [1.807, 2.05) is 0 Å². The Morgan fingerprint density at radius 1 is 1.25 bits per heavy atom. The Hall–Kier alpha value is -1.49. The fraction of sp³-hybridized carbons (Fsp3) is 0.533. The highest BCUT2D eigenvalue weighted by Gasteiger charge is 2.22. The highest BCUT2D eigenvalue weighted by molar-refractivity contribution is 5.92. The zero-order chi connectivity index (χ0) is 15.3. The summed E-state index contributed by atoms with van der Waals surface area (Å²) >= 11 is 0. The molecule has 1 aromatic carbocycles. The predicted octanol–water partition coefficient (Wildman–Crippen LogP) is 3.18. The molecule has 3 nitrogen and oxygen atoms in total. The maximum atomic E-state index is 13.4. The number of rotatable bonds is 6. The van der Waals surface area contributed by atoms with Gasteiger partial charge in [0.2, 0.25) is 5.91 Å². The molecule has 2 N–H and O–H groups in total. The highest BCUT2D eigenvalue weighted by atomic mass is 19.1. The molecule has 0 saturated carbocycles. The predicted molar refractivity (Wildman–Crippen MR) is 76.5 cm³/mol. The molecule has 5 heteroatoms. The van der Waals surface area contributed by atoms with Crippen LogP contribution in [-0.4, -0.2) is 19.0 Å².